The van der Waals surface area contributed by atoms with Crippen LogP contribution in [0.2, 0.25) is 0 Å². The van der Waals surface area contributed by atoms with Gasteiger partial charge in [-0.1, -0.05) is 0 Å². The monoisotopic (exact) mass is 289 g/mol. The maximum absolute atomic E-state index is 12.0. The number of benzene rings is 1. The van der Waals surface area contributed by atoms with Crippen LogP contribution in [0, 0.1) is 0 Å². The van der Waals surface area contributed by atoms with Crippen molar-refractivity contribution < 1.29 is 23.0 Å². The van der Waals surface area contributed by atoms with E-state index in [9.17, 15) is 8.42 Å². The number of methoxy groups -OCH3 is 1. The molecule has 0 aromatic heterocycles. The van der Waals surface area contributed by atoms with Gasteiger partial charge in [0.15, 0.2) is 0 Å². The number of hydrogen-bond acceptors (Lipinski definition) is 5. The molecule has 0 amide bonds. The third kappa shape index (κ3) is 4.46. The molecule has 1 aromatic carbocycles. The minimum atomic E-state index is -3.55. The second-order valence-corrected chi connectivity index (χ2v) is 5.91. The lowest BCUT2D eigenvalue weighted by Gasteiger charge is -2.16. The van der Waals surface area contributed by atoms with Crippen LogP contribution in [0.25, 0.3) is 0 Å². The van der Waals surface area contributed by atoms with Gasteiger partial charge in [-0.05, 0) is 24.3 Å². The lowest BCUT2D eigenvalue weighted by Crippen LogP contribution is -2.29. The molecule has 0 aliphatic carbocycles. The summed E-state index contributed by atoms with van der Waals surface area (Å²) >= 11 is 0. The van der Waals surface area contributed by atoms with Crippen molar-refractivity contribution >= 4 is 10.0 Å². The second kappa shape index (κ2) is 7.44. The van der Waals surface area contributed by atoms with Gasteiger partial charge in [0.05, 0.1) is 18.1 Å². The SMILES string of the molecule is COCCOc1ccc(S(=O)(=O)N(C)CCO)cc1. The summed E-state index contributed by atoms with van der Waals surface area (Å²) < 4.78 is 35.4. The molecule has 0 bridgehead atoms. The average molecular weight is 289 g/mol. The topological polar surface area (TPSA) is 76.1 Å². The molecule has 0 heterocycles. The van der Waals surface area contributed by atoms with Crippen LogP contribution in [0.15, 0.2) is 29.2 Å². The summed E-state index contributed by atoms with van der Waals surface area (Å²) in [6.45, 7) is 0.731. The zero-order chi connectivity index (χ0) is 14.3. The Hall–Kier alpha value is -1.15. The number of ether oxygens (including phenoxy) is 2. The lowest BCUT2D eigenvalue weighted by atomic mass is 10.3. The van der Waals surface area contributed by atoms with Crippen molar-refractivity contribution in [3.05, 3.63) is 24.3 Å². The van der Waals surface area contributed by atoms with Gasteiger partial charge < -0.3 is 14.6 Å². The van der Waals surface area contributed by atoms with Crippen LogP contribution in [-0.2, 0) is 14.8 Å². The number of rotatable bonds is 8. The first kappa shape index (κ1) is 15.9. The number of likely N-dealkylation sites (N-methyl/N-ethyl adjacent to an activating group) is 1. The molecule has 0 aliphatic rings. The van der Waals surface area contributed by atoms with Gasteiger partial charge in [-0.25, -0.2) is 8.42 Å². The Balaban J connectivity index is 2.75. The fraction of sp³-hybridized carbons (Fsp3) is 0.500. The Bertz CT molecular complexity index is 471. The lowest BCUT2D eigenvalue weighted by molar-refractivity contribution is 0.146. The summed E-state index contributed by atoms with van der Waals surface area (Å²) in [5.41, 5.74) is 0. The van der Waals surface area contributed by atoms with Crippen molar-refractivity contribution in [3.63, 3.8) is 0 Å². The van der Waals surface area contributed by atoms with Gasteiger partial charge in [-0.3, -0.25) is 0 Å². The van der Waals surface area contributed by atoms with Gasteiger partial charge in [0.25, 0.3) is 0 Å². The van der Waals surface area contributed by atoms with E-state index in [1.165, 1.54) is 19.2 Å². The van der Waals surface area contributed by atoms with Crippen molar-refractivity contribution in [1.29, 1.82) is 0 Å². The molecule has 0 saturated heterocycles. The van der Waals surface area contributed by atoms with Crippen LogP contribution < -0.4 is 4.74 Å². The minimum absolute atomic E-state index is 0.0639. The molecule has 6 nitrogen and oxygen atoms in total. The first-order valence-electron chi connectivity index (χ1n) is 5.81. The molecule has 1 aromatic rings. The van der Waals surface area contributed by atoms with E-state index < -0.39 is 10.0 Å². The fourth-order valence-electron chi connectivity index (χ4n) is 1.39. The highest BCUT2D eigenvalue weighted by Crippen LogP contribution is 2.18. The molecule has 7 heteroatoms. The van der Waals surface area contributed by atoms with Gasteiger partial charge in [-0.15, -0.1) is 0 Å². The summed E-state index contributed by atoms with van der Waals surface area (Å²) in [4.78, 5) is 0.169. The molecule has 108 valence electrons. The standard InChI is InChI=1S/C12H19NO5S/c1-13(7-8-14)19(15,16)12-5-3-11(4-6-12)18-10-9-17-2/h3-6,14H,7-10H2,1-2H3. The van der Waals surface area contributed by atoms with E-state index >= 15 is 0 Å². The molecular formula is C12H19NO5S. The number of hydrogen-bond donors (Lipinski definition) is 1. The summed E-state index contributed by atoms with van der Waals surface area (Å²) in [7, 11) is -0.545. The maximum Gasteiger partial charge on any atom is 0.242 e. The highest BCUT2D eigenvalue weighted by atomic mass is 32.2. The Kier molecular flexibility index (Phi) is 6.23. The molecular weight excluding hydrogens is 270 g/mol. The van der Waals surface area contributed by atoms with E-state index in [0.29, 0.717) is 19.0 Å². The molecule has 19 heavy (non-hydrogen) atoms. The normalized spacial score (nSPS) is 11.8. The van der Waals surface area contributed by atoms with E-state index in [0.717, 1.165) is 4.31 Å². The summed E-state index contributed by atoms with van der Waals surface area (Å²) in [5, 5.41) is 8.77. The van der Waals surface area contributed by atoms with Crippen LogP contribution in [0.4, 0.5) is 0 Å². The zero-order valence-electron chi connectivity index (χ0n) is 11.1. The Labute approximate surface area is 113 Å². The van der Waals surface area contributed by atoms with Gasteiger partial charge in [-0.2, -0.15) is 4.31 Å². The zero-order valence-corrected chi connectivity index (χ0v) is 11.9. The van der Waals surface area contributed by atoms with Crippen molar-refractivity contribution in [2.75, 3.05) is 40.5 Å². The summed E-state index contributed by atoms with van der Waals surface area (Å²) in [6.07, 6.45) is 0. The Morgan fingerprint density at radius 3 is 2.37 bits per heavy atom. The van der Waals surface area contributed by atoms with Crippen LogP contribution in [-0.4, -0.2) is 58.4 Å². The predicted octanol–water partition coefficient (Wildman–Crippen LogP) is 0.325. The highest BCUT2D eigenvalue weighted by molar-refractivity contribution is 7.89. The molecule has 0 aliphatic heterocycles. The minimum Gasteiger partial charge on any atom is -0.491 e. The first-order valence-corrected chi connectivity index (χ1v) is 7.25. The smallest absolute Gasteiger partial charge is 0.242 e. The summed E-state index contributed by atoms with van der Waals surface area (Å²) in [6, 6.07) is 6.14. The van der Waals surface area contributed by atoms with Gasteiger partial charge in [0, 0.05) is 20.7 Å². The van der Waals surface area contributed by atoms with Gasteiger partial charge in [0.2, 0.25) is 10.0 Å². The predicted molar refractivity (Wildman–Crippen MR) is 70.7 cm³/mol. The Morgan fingerprint density at radius 1 is 1.21 bits per heavy atom. The molecule has 0 saturated carbocycles. The van der Waals surface area contributed by atoms with Gasteiger partial charge >= 0.3 is 0 Å². The van der Waals surface area contributed by atoms with E-state index in [2.05, 4.69) is 0 Å². The van der Waals surface area contributed by atoms with Crippen LogP contribution in [0.3, 0.4) is 0 Å². The van der Waals surface area contributed by atoms with E-state index in [1.807, 2.05) is 0 Å². The third-order valence-electron chi connectivity index (χ3n) is 2.50. The number of aliphatic hydroxyl groups is 1. The number of aliphatic hydroxyl groups excluding tert-OH is 1. The van der Waals surface area contributed by atoms with Crippen molar-refractivity contribution in [2.24, 2.45) is 0 Å². The van der Waals surface area contributed by atoms with E-state index in [-0.39, 0.29) is 18.0 Å². The van der Waals surface area contributed by atoms with Crippen molar-refractivity contribution in [1.82, 2.24) is 4.31 Å². The van der Waals surface area contributed by atoms with Crippen molar-refractivity contribution in [3.8, 4) is 5.75 Å². The van der Waals surface area contributed by atoms with Crippen LogP contribution >= 0.6 is 0 Å². The quantitative estimate of drug-likeness (QED) is 0.698. The molecule has 0 fully saturated rings. The molecule has 0 atom stereocenters. The molecule has 1 N–H and O–H groups in total. The van der Waals surface area contributed by atoms with Crippen LogP contribution in [0.1, 0.15) is 0 Å². The largest absolute Gasteiger partial charge is 0.491 e. The summed E-state index contributed by atoms with van der Waals surface area (Å²) in [5.74, 6) is 0.584. The third-order valence-corrected chi connectivity index (χ3v) is 4.37. The molecule has 0 radical (unpaired) electrons. The van der Waals surface area contributed by atoms with Gasteiger partial charge in [0.1, 0.15) is 12.4 Å². The maximum atomic E-state index is 12.0. The first-order chi connectivity index (χ1) is 9.02. The highest BCUT2D eigenvalue weighted by Gasteiger charge is 2.19. The van der Waals surface area contributed by atoms with Crippen LogP contribution in [0.5, 0.6) is 5.75 Å². The fourth-order valence-corrected chi connectivity index (χ4v) is 2.55. The average Bonchev–Trinajstić information content (AvgIpc) is 2.40. The second-order valence-electron chi connectivity index (χ2n) is 3.86. The van der Waals surface area contributed by atoms with E-state index in [1.54, 1.807) is 19.2 Å². The number of nitrogens with zero attached hydrogens (tertiary/aromatic N) is 1. The molecule has 0 unspecified atom stereocenters. The Morgan fingerprint density at radius 2 is 1.84 bits per heavy atom. The number of sulfonamides is 1. The molecule has 0 spiro atoms. The molecule has 1 rings (SSSR count). The van der Waals surface area contributed by atoms with E-state index in [4.69, 9.17) is 14.6 Å². The van der Waals surface area contributed by atoms with Crippen molar-refractivity contribution in [2.45, 2.75) is 4.90 Å².